The molecule has 0 radical (unpaired) electrons. The van der Waals surface area contributed by atoms with Crippen LogP contribution in [0.2, 0.25) is 0 Å². The van der Waals surface area contributed by atoms with E-state index in [1.807, 2.05) is 0 Å². The van der Waals surface area contributed by atoms with Gasteiger partial charge in [0.1, 0.15) is 5.75 Å². The number of carboxylic acid groups (broad SMARTS) is 1. The average Bonchev–Trinajstić information content (AvgIpc) is 3.48. The number of aliphatic carboxylic acids is 1. The first-order valence-corrected chi connectivity index (χ1v) is 14.2. The number of nitrogens with one attached hydrogen (secondary N) is 2. The maximum Gasteiger partial charge on any atom is 0.396 e. The molecular weight excluding hydrogens is 548 g/mol. The third-order valence-corrected chi connectivity index (χ3v) is 9.92. The van der Waals surface area contributed by atoms with Gasteiger partial charge in [-0.1, -0.05) is 0 Å². The van der Waals surface area contributed by atoms with Gasteiger partial charge < -0.3 is 25.2 Å². The van der Waals surface area contributed by atoms with Crippen molar-refractivity contribution in [1.82, 2.24) is 10.6 Å². The highest BCUT2D eigenvalue weighted by Crippen LogP contribution is 2.57. The maximum atomic E-state index is 14.9. The molecule has 4 atom stereocenters. The Balaban J connectivity index is 1.28. The van der Waals surface area contributed by atoms with Crippen molar-refractivity contribution >= 4 is 17.8 Å². The van der Waals surface area contributed by atoms with Crippen molar-refractivity contribution in [3.8, 4) is 11.5 Å². The largest absolute Gasteiger partial charge is 0.496 e. The Labute approximate surface area is 235 Å². The summed E-state index contributed by atoms with van der Waals surface area (Å²) in [6.45, 7) is 1.20. The van der Waals surface area contributed by atoms with Crippen LogP contribution in [0, 0.1) is 34.4 Å². The molecular formula is C29H36F4N2O6. The molecule has 226 valence electrons. The number of benzene rings is 1. The van der Waals surface area contributed by atoms with Crippen molar-refractivity contribution in [2.24, 2.45) is 28.6 Å². The van der Waals surface area contributed by atoms with Crippen LogP contribution in [0.25, 0.3) is 0 Å². The van der Waals surface area contributed by atoms with Crippen molar-refractivity contribution in [1.29, 1.82) is 0 Å². The number of rotatable bonds is 9. The summed E-state index contributed by atoms with van der Waals surface area (Å²) in [5.74, 6) is -3.59. The molecule has 4 unspecified atom stereocenters. The summed E-state index contributed by atoms with van der Waals surface area (Å²) >= 11 is 0. The van der Waals surface area contributed by atoms with Crippen LogP contribution in [-0.2, 0) is 9.59 Å². The second-order valence-corrected chi connectivity index (χ2v) is 12.5. The van der Waals surface area contributed by atoms with Crippen molar-refractivity contribution in [3.63, 3.8) is 0 Å². The third kappa shape index (κ3) is 5.58. The van der Waals surface area contributed by atoms with Crippen molar-refractivity contribution in [2.75, 3.05) is 13.7 Å². The van der Waals surface area contributed by atoms with E-state index < -0.39 is 65.2 Å². The Hall–Kier alpha value is -3.05. The zero-order valence-electron chi connectivity index (χ0n) is 23.1. The molecule has 4 saturated carbocycles. The van der Waals surface area contributed by atoms with E-state index in [0.717, 1.165) is 18.9 Å². The molecule has 1 aromatic rings. The molecule has 2 amide bonds. The fraction of sp³-hybridized carbons (Fsp3) is 0.690. The molecule has 3 N–H and O–H groups in total. The van der Waals surface area contributed by atoms with Crippen molar-refractivity contribution < 1.29 is 46.5 Å². The Morgan fingerprint density at radius 1 is 1.02 bits per heavy atom. The predicted octanol–water partition coefficient (Wildman–Crippen LogP) is 4.85. The number of carbonyl (C=O) groups excluding carboxylic acids is 2. The van der Waals surface area contributed by atoms with Gasteiger partial charge in [0.15, 0.2) is 11.6 Å². The zero-order valence-corrected chi connectivity index (χ0v) is 23.1. The van der Waals surface area contributed by atoms with Gasteiger partial charge >= 0.3 is 12.1 Å². The van der Waals surface area contributed by atoms with Crippen LogP contribution >= 0.6 is 0 Å². The fourth-order valence-electron chi connectivity index (χ4n) is 6.90. The smallest absolute Gasteiger partial charge is 0.396 e. The lowest BCUT2D eigenvalue weighted by atomic mass is 9.75. The fourth-order valence-corrected chi connectivity index (χ4v) is 6.90. The summed E-state index contributed by atoms with van der Waals surface area (Å²) in [5.41, 5.74) is -2.72. The minimum Gasteiger partial charge on any atom is -0.496 e. The normalized spacial score (nSPS) is 31.8. The summed E-state index contributed by atoms with van der Waals surface area (Å²) in [4.78, 5) is 38.2. The van der Waals surface area contributed by atoms with Gasteiger partial charge in [-0.2, -0.15) is 13.2 Å². The third-order valence-electron chi connectivity index (χ3n) is 9.92. The maximum absolute atomic E-state index is 14.9. The molecule has 8 nitrogen and oxygen atoms in total. The Morgan fingerprint density at radius 2 is 1.68 bits per heavy atom. The summed E-state index contributed by atoms with van der Waals surface area (Å²) in [6, 6.07) is 1.72. The van der Waals surface area contributed by atoms with Gasteiger partial charge in [-0.25, -0.2) is 4.39 Å². The van der Waals surface area contributed by atoms with E-state index in [1.54, 1.807) is 6.92 Å². The first-order valence-electron chi connectivity index (χ1n) is 14.2. The van der Waals surface area contributed by atoms with Crippen LogP contribution in [-0.4, -0.2) is 54.9 Å². The van der Waals surface area contributed by atoms with Crippen LogP contribution in [0.5, 0.6) is 11.5 Å². The minimum atomic E-state index is -4.38. The van der Waals surface area contributed by atoms with Crippen molar-refractivity contribution in [2.45, 2.75) is 83.0 Å². The highest BCUT2D eigenvalue weighted by molar-refractivity contribution is 5.98. The number of hydrogen-bond acceptors (Lipinski definition) is 5. The zero-order chi connectivity index (χ0) is 29.7. The number of fused-ring (bicyclic) bond motifs is 2. The standard InChI is InChI=1S/C29H36F4N2O6/c1-27(26(38)39)7-5-17(6-8-27)41-21-12-18(20(40-2)13-19(21)30)24(36)35-23-16-4-3-15(11-16)22(23)25(37)34-14-28(9-10-28)29(31,32)33/h12-13,15-17,22-23H,3-11,14H2,1-2H3,(H,34,37)(H,35,36)(H,38,39). The molecule has 4 aliphatic rings. The summed E-state index contributed by atoms with van der Waals surface area (Å²) in [6.07, 6.45) is -1.02. The van der Waals surface area contributed by atoms with Gasteiger partial charge in [-0.15, -0.1) is 0 Å². The van der Waals surface area contributed by atoms with Gasteiger partial charge in [0.2, 0.25) is 5.91 Å². The molecule has 0 aromatic heterocycles. The molecule has 4 aliphatic carbocycles. The van der Waals surface area contributed by atoms with E-state index in [2.05, 4.69) is 10.6 Å². The predicted molar refractivity (Wildman–Crippen MR) is 138 cm³/mol. The monoisotopic (exact) mass is 584 g/mol. The van der Waals surface area contributed by atoms with Crippen LogP contribution in [0.1, 0.15) is 75.1 Å². The second kappa shape index (κ2) is 10.7. The lowest BCUT2D eigenvalue weighted by Crippen LogP contribution is -2.51. The molecule has 41 heavy (non-hydrogen) atoms. The van der Waals surface area contributed by atoms with Gasteiger partial charge in [-0.3, -0.25) is 14.4 Å². The Bertz CT molecular complexity index is 1210. The highest BCUT2D eigenvalue weighted by Gasteiger charge is 2.63. The molecule has 0 aliphatic heterocycles. The van der Waals surface area contributed by atoms with Crippen molar-refractivity contribution in [3.05, 3.63) is 23.5 Å². The molecule has 4 fully saturated rings. The van der Waals surface area contributed by atoms with Gasteiger partial charge in [0.05, 0.1) is 35.5 Å². The number of hydrogen-bond donors (Lipinski definition) is 3. The molecule has 1 aromatic carbocycles. The lowest BCUT2D eigenvalue weighted by molar-refractivity contribution is -0.185. The summed E-state index contributed by atoms with van der Waals surface area (Å²) < 4.78 is 66.2. The highest BCUT2D eigenvalue weighted by atomic mass is 19.4. The number of halogens is 4. The molecule has 2 bridgehead atoms. The average molecular weight is 585 g/mol. The first-order chi connectivity index (χ1) is 19.3. The molecule has 0 saturated heterocycles. The Kier molecular flexibility index (Phi) is 7.65. The van der Waals surface area contributed by atoms with Crippen LogP contribution in [0.4, 0.5) is 17.6 Å². The summed E-state index contributed by atoms with van der Waals surface area (Å²) in [7, 11) is 1.29. The molecule has 0 heterocycles. The molecule has 12 heteroatoms. The number of carboxylic acids is 1. The van der Waals surface area contributed by atoms with Gasteiger partial charge in [0.25, 0.3) is 5.91 Å². The number of ether oxygens (including phenoxy) is 2. The van der Waals surface area contributed by atoms with Crippen LogP contribution in [0.15, 0.2) is 12.1 Å². The lowest BCUT2D eigenvalue weighted by Gasteiger charge is -2.34. The van der Waals surface area contributed by atoms with E-state index in [9.17, 15) is 37.1 Å². The quantitative estimate of drug-likeness (QED) is 0.358. The number of alkyl halides is 3. The number of carbonyl (C=O) groups is 3. The number of amides is 2. The van der Waals surface area contributed by atoms with Gasteiger partial charge in [0, 0.05) is 18.7 Å². The van der Waals surface area contributed by atoms with Crippen LogP contribution in [0.3, 0.4) is 0 Å². The second-order valence-electron chi connectivity index (χ2n) is 12.5. The van der Waals surface area contributed by atoms with E-state index in [4.69, 9.17) is 9.47 Å². The van der Waals surface area contributed by atoms with Crippen LogP contribution < -0.4 is 20.1 Å². The number of methoxy groups -OCH3 is 1. The van der Waals surface area contributed by atoms with E-state index >= 15 is 0 Å². The Morgan fingerprint density at radius 3 is 2.27 bits per heavy atom. The topological polar surface area (TPSA) is 114 Å². The SMILES string of the molecule is COc1cc(F)c(OC2CCC(C)(C(=O)O)CC2)cc1C(=O)NC1C2CCC(C2)C1C(=O)NCC1(C(F)(F)F)CC1. The minimum absolute atomic E-state index is 0.00477. The van der Waals surface area contributed by atoms with E-state index in [-0.39, 0.29) is 41.7 Å². The first kappa shape index (κ1) is 29.4. The van der Waals surface area contributed by atoms with E-state index in [1.165, 1.54) is 13.2 Å². The summed E-state index contributed by atoms with van der Waals surface area (Å²) in [5, 5.41) is 14.9. The molecule has 0 spiro atoms. The van der Waals surface area contributed by atoms with E-state index in [0.29, 0.717) is 32.1 Å². The molecule has 5 rings (SSSR count). The van der Waals surface area contributed by atoms with Gasteiger partial charge in [-0.05, 0) is 82.6 Å².